The highest BCUT2D eigenvalue weighted by atomic mass is 35.5. The van der Waals surface area contributed by atoms with Crippen molar-refractivity contribution in [2.24, 2.45) is 0 Å². The number of anilines is 4. The van der Waals surface area contributed by atoms with E-state index in [4.69, 9.17) is 69.3 Å². The first-order valence-corrected chi connectivity index (χ1v) is 20.8. The largest absolute Gasteiger partial charge is 0.397 e. The van der Waals surface area contributed by atoms with Gasteiger partial charge in [-0.1, -0.05) is 70.3 Å². The molecule has 6 rings (SSSR count). The molecule has 59 heavy (non-hydrogen) atoms. The maximum absolute atomic E-state index is 13.3. The van der Waals surface area contributed by atoms with Gasteiger partial charge in [0.1, 0.15) is 0 Å². The minimum atomic E-state index is -0.218. The average molecular weight is 897 g/mol. The van der Waals surface area contributed by atoms with Crippen LogP contribution < -0.4 is 22.9 Å². The summed E-state index contributed by atoms with van der Waals surface area (Å²) in [6.45, 7) is 6.49. The Hall–Kier alpha value is -5.05. The van der Waals surface area contributed by atoms with Gasteiger partial charge in [0, 0.05) is 110 Å². The molecule has 0 aromatic heterocycles. The molecule has 2 saturated heterocycles. The Bertz CT molecular complexity index is 2250. The van der Waals surface area contributed by atoms with E-state index in [1.807, 2.05) is 24.3 Å². The van der Waals surface area contributed by atoms with Crippen molar-refractivity contribution in [2.75, 3.05) is 75.3 Å². The van der Waals surface area contributed by atoms with Gasteiger partial charge in [0.05, 0.1) is 42.8 Å². The summed E-state index contributed by atoms with van der Waals surface area (Å²) in [4.78, 5) is 58.1. The van der Waals surface area contributed by atoms with Gasteiger partial charge in [0.2, 0.25) is 23.6 Å². The first kappa shape index (κ1) is 43.5. The third kappa shape index (κ3) is 9.71. The fourth-order valence-electron chi connectivity index (χ4n) is 6.86. The molecule has 2 fully saturated rings. The third-order valence-electron chi connectivity index (χ3n) is 10.3. The SMILES string of the molecule is CC(=O)N1CCN(C(=O)C=Cc2ccc(Sc3ccc(C=CC(=O)N4CCN(C(C)=O)CC4)c(-c4cc(N)c(N)cc4Cl)c3Cl)c(Cl)c2-c2cc(N)c(N)cc2Cl)CC1. The van der Waals surface area contributed by atoms with E-state index in [1.165, 1.54) is 37.8 Å². The fourth-order valence-corrected chi connectivity index (χ4v) is 9.06. The highest BCUT2D eigenvalue weighted by Gasteiger charge is 2.25. The summed E-state index contributed by atoms with van der Waals surface area (Å²) in [5, 5.41) is 1.20. The molecular weight excluding hydrogens is 854 g/mol. The number of hydrogen-bond donors (Lipinski definition) is 4. The summed E-state index contributed by atoms with van der Waals surface area (Å²) < 4.78 is 0. The zero-order valence-electron chi connectivity index (χ0n) is 32.2. The first-order valence-electron chi connectivity index (χ1n) is 18.5. The number of amides is 4. The Labute approximate surface area is 366 Å². The Kier molecular flexibility index (Phi) is 13.6. The lowest BCUT2D eigenvalue weighted by Gasteiger charge is -2.33. The predicted octanol–water partition coefficient (Wildman–Crippen LogP) is 7.52. The minimum absolute atomic E-state index is 0.0294. The van der Waals surface area contributed by atoms with E-state index < -0.39 is 0 Å². The van der Waals surface area contributed by atoms with E-state index in [1.54, 1.807) is 56.0 Å². The van der Waals surface area contributed by atoms with E-state index in [2.05, 4.69) is 0 Å². The van der Waals surface area contributed by atoms with Crippen LogP contribution >= 0.6 is 58.2 Å². The fraction of sp³-hybridized carbons (Fsp3) is 0.238. The number of rotatable bonds is 8. The monoisotopic (exact) mass is 894 g/mol. The first-order chi connectivity index (χ1) is 28.0. The predicted molar refractivity (Wildman–Crippen MR) is 241 cm³/mol. The van der Waals surface area contributed by atoms with E-state index >= 15 is 0 Å². The van der Waals surface area contributed by atoms with Crippen LogP contribution in [-0.4, -0.2) is 95.6 Å². The maximum atomic E-state index is 13.3. The standard InChI is InChI=1S/C42H42Cl4N8O4S/c1-23(55)51-11-15-53(16-12-51)37(57)9-5-25-3-7-35(41(45)39(25)27-19-31(47)33(49)21-29(27)43)59-36-8-4-26(6-10-38(58)54-17-13-52(14-18-54)24(2)56)40(42(36)46)28-20-32(48)34(50)22-30(28)44/h3-10,19-22H,11-18,47-50H2,1-2H3. The van der Waals surface area contributed by atoms with Crippen molar-refractivity contribution in [1.29, 1.82) is 0 Å². The number of nitrogen functional groups attached to an aromatic ring is 4. The van der Waals surface area contributed by atoms with Crippen molar-refractivity contribution < 1.29 is 19.2 Å². The van der Waals surface area contributed by atoms with Gasteiger partial charge in [-0.05, 0) is 59.7 Å². The Morgan fingerprint density at radius 1 is 0.525 bits per heavy atom. The number of halogens is 4. The van der Waals surface area contributed by atoms with Crippen LogP contribution in [0.3, 0.4) is 0 Å². The van der Waals surface area contributed by atoms with E-state index in [0.717, 1.165) is 0 Å². The lowest BCUT2D eigenvalue weighted by atomic mass is 9.97. The van der Waals surface area contributed by atoms with Crippen LogP contribution in [0, 0.1) is 0 Å². The Morgan fingerprint density at radius 2 is 0.847 bits per heavy atom. The second kappa shape index (κ2) is 18.5. The van der Waals surface area contributed by atoms with E-state index in [0.29, 0.717) is 138 Å². The molecule has 0 unspecified atom stereocenters. The Balaban J connectivity index is 1.38. The maximum Gasteiger partial charge on any atom is 0.246 e. The van der Waals surface area contributed by atoms with Crippen LogP contribution in [0.2, 0.25) is 20.1 Å². The highest BCUT2D eigenvalue weighted by Crippen LogP contribution is 2.49. The van der Waals surface area contributed by atoms with Gasteiger partial charge in [0.15, 0.2) is 0 Å². The summed E-state index contributed by atoms with van der Waals surface area (Å²) >= 11 is 29.4. The third-order valence-corrected chi connectivity index (χ3v) is 13.0. The zero-order chi connectivity index (χ0) is 42.7. The molecule has 0 saturated carbocycles. The van der Waals surface area contributed by atoms with Crippen LogP contribution in [0.25, 0.3) is 34.4 Å². The van der Waals surface area contributed by atoms with Gasteiger partial charge < -0.3 is 42.5 Å². The number of carbonyl (C=O) groups is 4. The zero-order valence-corrected chi connectivity index (χ0v) is 36.1. The molecular formula is C42H42Cl4N8O4S. The molecule has 2 heterocycles. The van der Waals surface area contributed by atoms with Crippen molar-refractivity contribution in [3.05, 3.63) is 91.9 Å². The average Bonchev–Trinajstić information content (AvgIpc) is 3.21. The number of nitrogens with zero attached hydrogens (tertiary/aromatic N) is 4. The van der Waals surface area contributed by atoms with Crippen LogP contribution in [0.4, 0.5) is 22.7 Å². The minimum Gasteiger partial charge on any atom is -0.397 e. The number of piperazine rings is 2. The van der Waals surface area contributed by atoms with E-state index in [-0.39, 0.29) is 23.6 Å². The van der Waals surface area contributed by atoms with Crippen molar-refractivity contribution >= 4 is 117 Å². The van der Waals surface area contributed by atoms with Gasteiger partial charge in [0.25, 0.3) is 0 Å². The smallest absolute Gasteiger partial charge is 0.246 e. The van der Waals surface area contributed by atoms with Crippen LogP contribution in [0.15, 0.2) is 70.5 Å². The van der Waals surface area contributed by atoms with Crippen LogP contribution in [0.1, 0.15) is 25.0 Å². The highest BCUT2D eigenvalue weighted by molar-refractivity contribution is 7.99. The summed E-state index contributed by atoms with van der Waals surface area (Å²) in [5.74, 6) is -0.495. The molecule has 308 valence electrons. The quantitative estimate of drug-likeness (QED) is 0.103. The van der Waals surface area contributed by atoms with Crippen molar-refractivity contribution in [3.63, 3.8) is 0 Å². The Morgan fingerprint density at radius 3 is 1.19 bits per heavy atom. The molecule has 2 aliphatic rings. The molecule has 12 nitrogen and oxygen atoms in total. The number of nitrogens with two attached hydrogens (primary N) is 4. The molecule has 0 spiro atoms. The molecule has 4 aromatic carbocycles. The second-order valence-corrected chi connectivity index (χ2v) is 16.7. The van der Waals surface area contributed by atoms with Gasteiger partial charge in [-0.25, -0.2) is 0 Å². The molecule has 17 heteroatoms. The van der Waals surface area contributed by atoms with Gasteiger partial charge in [-0.15, -0.1) is 0 Å². The van der Waals surface area contributed by atoms with Crippen molar-refractivity contribution in [3.8, 4) is 22.3 Å². The molecule has 0 aliphatic carbocycles. The molecule has 8 N–H and O–H groups in total. The lowest BCUT2D eigenvalue weighted by Crippen LogP contribution is -2.49. The van der Waals surface area contributed by atoms with Crippen molar-refractivity contribution in [2.45, 2.75) is 23.6 Å². The summed E-state index contributed by atoms with van der Waals surface area (Å²) in [7, 11) is 0. The number of carbonyl (C=O) groups excluding carboxylic acids is 4. The second-order valence-electron chi connectivity index (χ2n) is 14.0. The molecule has 0 radical (unpaired) electrons. The number of hydrogen-bond acceptors (Lipinski definition) is 9. The summed E-state index contributed by atoms with van der Waals surface area (Å²) in [5.41, 5.74) is 29.0. The summed E-state index contributed by atoms with van der Waals surface area (Å²) in [6.07, 6.45) is 6.27. The topological polar surface area (TPSA) is 185 Å². The molecule has 4 aromatic rings. The lowest BCUT2D eigenvalue weighted by molar-refractivity contribution is -0.135. The molecule has 0 bridgehead atoms. The van der Waals surface area contributed by atoms with Gasteiger partial charge in [-0.3, -0.25) is 19.2 Å². The number of benzene rings is 4. The van der Waals surface area contributed by atoms with Gasteiger partial charge in [-0.2, -0.15) is 0 Å². The van der Waals surface area contributed by atoms with Crippen LogP contribution in [0.5, 0.6) is 0 Å². The molecule has 0 atom stereocenters. The normalized spacial score (nSPS) is 14.7. The van der Waals surface area contributed by atoms with Gasteiger partial charge >= 0.3 is 0 Å². The molecule has 2 aliphatic heterocycles. The van der Waals surface area contributed by atoms with E-state index in [9.17, 15) is 19.2 Å². The van der Waals surface area contributed by atoms with Crippen LogP contribution in [-0.2, 0) is 19.2 Å². The molecule has 4 amide bonds. The van der Waals surface area contributed by atoms with Crippen molar-refractivity contribution in [1.82, 2.24) is 19.6 Å². The summed E-state index contributed by atoms with van der Waals surface area (Å²) in [6, 6.07) is 13.6.